The Bertz CT molecular complexity index is 173. The Balaban J connectivity index is 3.66. The molecule has 116 valence electrons. The maximum Gasteiger partial charge on any atom is 0.0543 e. The minimum atomic E-state index is 0.399. The monoisotopic (exact) mass is 271 g/mol. The SMILES string of the molecule is CCCCCCCCC(CCC(C)OC)NCCC. The van der Waals surface area contributed by atoms with Crippen molar-refractivity contribution < 1.29 is 4.74 Å². The molecular weight excluding hydrogens is 234 g/mol. The molecule has 0 aromatic heterocycles. The topological polar surface area (TPSA) is 21.3 Å². The van der Waals surface area contributed by atoms with Crippen molar-refractivity contribution >= 4 is 0 Å². The van der Waals surface area contributed by atoms with Crippen molar-refractivity contribution in [3.63, 3.8) is 0 Å². The molecule has 0 fully saturated rings. The van der Waals surface area contributed by atoms with Crippen LogP contribution in [0.3, 0.4) is 0 Å². The van der Waals surface area contributed by atoms with Gasteiger partial charge in [0, 0.05) is 13.2 Å². The Morgan fingerprint density at radius 1 is 0.842 bits per heavy atom. The molecule has 0 amide bonds. The molecule has 0 radical (unpaired) electrons. The summed E-state index contributed by atoms with van der Waals surface area (Å²) in [6.45, 7) is 7.84. The van der Waals surface area contributed by atoms with E-state index in [-0.39, 0.29) is 0 Å². The van der Waals surface area contributed by atoms with E-state index < -0.39 is 0 Å². The molecule has 0 saturated carbocycles. The van der Waals surface area contributed by atoms with Crippen LogP contribution >= 0.6 is 0 Å². The normalized spacial score (nSPS) is 14.5. The van der Waals surface area contributed by atoms with E-state index in [2.05, 4.69) is 26.1 Å². The van der Waals surface area contributed by atoms with Gasteiger partial charge in [-0.25, -0.2) is 0 Å². The first-order valence-electron chi connectivity index (χ1n) is 8.50. The van der Waals surface area contributed by atoms with Gasteiger partial charge >= 0.3 is 0 Å². The van der Waals surface area contributed by atoms with Crippen LogP contribution in [0.2, 0.25) is 0 Å². The molecule has 0 saturated heterocycles. The van der Waals surface area contributed by atoms with Crippen molar-refractivity contribution in [1.29, 1.82) is 0 Å². The Kier molecular flexibility index (Phi) is 14.3. The molecule has 0 aliphatic heterocycles. The van der Waals surface area contributed by atoms with Crippen molar-refractivity contribution in [3.05, 3.63) is 0 Å². The van der Waals surface area contributed by atoms with Crippen LogP contribution in [0.1, 0.15) is 85.0 Å². The van der Waals surface area contributed by atoms with Crippen LogP contribution in [0.25, 0.3) is 0 Å². The maximum absolute atomic E-state index is 5.35. The van der Waals surface area contributed by atoms with Crippen molar-refractivity contribution in [1.82, 2.24) is 5.32 Å². The van der Waals surface area contributed by atoms with Crippen LogP contribution in [0, 0.1) is 0 Å². The minimum Gasteiger partial charge on any atom is -0.382 e. The molecule has 0 spiro atoms. The minimum absolute atomic E-state index is 0.399. The lowest BCUT2D eigenvalue weighted by Gasteiger charge is -2.20. The Labute approximate surface area is 121 Å². The van der Waals surface area contributed by atoms with E-state index in [0.29, 0.717) is 12.1 Å². The van der Waals surface area contributed by atoms with Gasteiger partial charge in [0.25, 0.3) is 0 Å². The molecule has 2 atom stereocenters. The number of hydrogen-bond acceptors (Lipinski definition) is 2. The second kappa shape index (κ2) is 14.3. The molecule has 0 aliphatic carbocycles. The molecule has 2 nitrogen and oxygen atoms in total. The first kappa shape index (κ1) is 18.9. The highest BCUT2D eigenvalue weighted by Crippen LogP contribution is 2.13. The summed E-state index contributed by atoms with van der Waals surface area (Å²) in [6, 6.07) is 0.698. The summed E-state index contributed by atoms with van der Waals surface area (Å²) in [7, 11) is 1.81. The third-order valence-electron chi connectivity index (χ3n) is 3.91. The zero-order chi connectivity index (χ0) is 14.3. The van der Waals surface area contributed by atoms with E-state index in [1.54, 1.807) is 0 Å². The zero-order valence-corrected chi connectivity index (χ0v) is 13.8. The molecule has 0 aromatic rings. The van der Waals surface area contributed by atoms with E-state index in [1.807, 2.05) is 7.11 Å². The Morgan fingerprint density at radius 2 is 1.53 bits per heavy atom. The summed E-state index contributed by atoms with van der Waals surface area (Å²) in [5.41, 5.74) is 0. The van der Waals surface area contributed by atoms with E-state index in [0.717, 1.165) is 6.54 Å². The van der Waals surface area contributed by atoms with Gasteiger partial charge in [-0.05, 0) is 39.2 Å². The average molecular weight is 271 g/mol. The van der Waals surface area contributed by atoms with Gasteiger partial charge in [0.15, 0.2) is 0 Å². The summed E-state index contributed by atoms with van der Waals surface area (Å²) in [6.07, 6.45) is 13.8. The Hall–Kier alpha value is -0.0800. The molecule has 0 aromatic carbocycles. The van der Waals surface area contributed by atoms with Crippen LogP contribution < -0.4 is 5.32 Å². The molecule has 2 heteroatoms. The van der Waals surface area contributed by atoms with Crippen molar-refractivity contribution in [2.24, 2.45) is 0 Å². The van der Waals surface area contributed by atoms with Crippen LogP contribution in [0.4, 0.5) is 0 Å². The molecule has 0 bridgehead atoms. The van der Waals surface area contributed by atoms with E-state index in [1.165, 1.54) is 64.2 Å². The smallest absolute Gasteiger partial charge is 0.0543 e. The highest BCUT2D eigenvalue weighted by atomic mass is 16.5. The lowest BCUT2D eigenvalue weighted by molar-refractivity contribution is 0.105. The van der Waals surface area contributed by atoms with Crippen molar-refractivity contribution in [2.45, 2.75) is 97.1 Å². The van der Waals surface area contributed by atoms with Crippen LogP contribution in [-0.4, -0.2) is 25.8 Å². The summed E-state index contributed by atoms with van der Waals surface area (Å²) in [5, 5.41) is 3.70. The molecule has 2 unspecified atom stereocenters. The van der Waals surface area contributed by atoms with Crippen molar-refractivity contribution in [3.8, 4) is 0 Å². The first-order chi connectivity index (χ1) is 9.24. The quantitative estimate of drug-likeness (QED) is 0.453. The third kappa shape index (κ3) is 12.7. The molecule has 0 heterocycles. The summed E-state index contributed by atoms with van der Waals surface area (Å²) in [5.74, 6) is 0. The standard InChI is InChI=1S/C17H37NO/c1-5-7-8-9-10-11-12-17(18-15-6-2)14-13-16(3)19-4/h16-18H,5-15H2,1-4H3. The van der Waals surface area contributed by atoms with Gasteiger partial charge in [0.05, 0.1) is 6.10 Å². The summed E-state index contributed by atoms with van der Waals surface area (Å²) < 4.78 is 5.35. The third-order valence-corrected chi connectivity index (χ3v) is 3.91. The molecule has 1 N–H and O–H groups in total. The van der Waals surface area contributed by atoms with Gasteiger partial charge in [-0.2, -0.15) is 0 Å². The van der Waals surface area contributed by atoms with Gasteiger partial charge in [-0.3, -0.25) is 0 Å². The van der Waals surface area contributed by atoms with E-state index >= 15 is 0 Å². The number of rotatable bonds is 14. The molecule has 0 rings (SSSR count). The fourth-order valence-electron chi connectivity index (χ4n) is 2.42. The number of unbranched alkanes of at least 4 members (excludes halogenated alkanes) is 5. The highest BCUT2D eigenvalue weighted by molar-refractivity contribution is 4.68. The van der Waals surface area contributed by atoms with Gasteiger partial charge in [0.2, 0.25) is 0 Å². The van der Waals surface area contributed by atoms with Gasteiger partial charge < -0.3 is 10.1 Å². The van der Waals surface area contributed by atoms with Crippen LogP contribution in [0.15, 0.2) is 0 Å². The molecule has 0 aliphatic rings. The predicted molar refractivity (Wildman–Crippen MR) is 85.8 cm³/mol. The maximum atomic E-state index is 5.35. The first-order valence-corrected chi connectivity index (χ1v) is 8.50. The predicted octanol–water partition coefficient (Wildman–Crippen LogP) is 4.92. The second-order valence-electron chi connectivity index (χ2n) is 5.83. The zero-order valence-electron chi connectivity index (χ0n) is 13.8. The lowest BCUT2D eigenvalue weighted by atomic mass is 10.0. The highest BCUT2D eigenvalue weighted by Gasteiger charge is 2.09. The fourth-order valence-corrected chi connectivity index (χ4v) is 2.42. The lowest BCUT2D eigenvalue weighted by Crippen LogP contribution is -2.30. The van der Waals surface area contributed by atoms with E-state index in [4.69, 9.17) is 4.74 Å². The van der Waals surface area contributed by atoms with E-state index in [9.17, 15) is 0 Å². The van der Waals surface area contributed by atoms with Gasteiger partial charge in [-0.1, -0.05) is 52.4 Å². The number of hydrogen-bond donors (Lipinski definition) is 1. The van der Waals surface area contributed by atoms with Crippen LogP contribution in [0.5, 0.6) is 0 Å². The largest absolute Gasteiger partial charge is 0.382 e. The number of ether oxygens (including phenoxy) is 1. The number of nitrogens with one attached hydrogen (secondary N) is 1. The summed E-state index contributed by atoms with van der Waals surface area (Å²) >= 11 is 0. The summed E-state index contributed by atoms with van der Waals surface area (Å²) in [4.78, 5) is 0. The average Bonchev–Trinajstić information content (AvgIpc) is 2.44. The van der Waals surface area contributed by atoms with Gasteiger partial charge in [0.1, 0.15) is 0 Å². The number of methoxy groups -OCH3 is 1. The van der Waals surface area contributed by atoms with Crippen molar-refractivity contribution in [2.75, 3.05) is 13.7 Å². The van der Waals surface area contributed by atoms with Gasteiger partial charge in [-0.15, -0.1) is 0 Å². The molecule has 19 heavy (non-hydrogen) atoms. The fraction of sp³-hybridized carbons (Fsp3) is 1.00. The second-order valence-corrected chi connectivity index (χ2v) is 5.83. The molecular formula is C17H37NO. The Morgan fingerprint density at radius 3 is 2.16 bits per heavy atom. The van der Waals surface area contributed by atoms with Crippen LogP contribution in [-0.2, 0) is 4.74 Å².